The molecule has 1 aromatic carbocycles. The van der Waals surface area contributed by atoms with Crippen LogP contribution in [0.5, 0.6) is 0 Å². The minimum Gasteiger partial charge on any atom is -0.453 e. The molecule has 0 bridgehead atoms. The Balaban J connectivity index is 2.33. The fraction of sp³-hybridized carbons (Fsp3) is 0.286. The van der Waals surface area contributed by atoms with Crippen LogP contribution in [0.25, 0.3) is 0 Å². The average Bonchev–Trinajstić information content (AvgIpc) is 2.76. The standard InChI is InChI=1S/C14H16BrNO/c1-14(2,10-6-4-3-5-7-10)13(16)11-8-9-12(15)17-11/h3-9,13H,16H2,1-2H3. The van der Waals surface area contributed by atoms with Crippen molar-refractivity contribution in [3.8, 4) is 0 Å². The summed E-state index contributed by atoms with van der Waals surface area (Å²) in [6.07, 6.45) is 0. The van der Waals surface area contributed by atoms with Crippen molar-refractivity contribution in [2.75, 3.05) is 0 Å². The van der Waals surface area contributed by atoms with E-state index in [1.807, 2.05) is 30.3 Å². The zero-order chi connectivity index (χ0) is 12.5. The van der Waals surface area contributed by atoms with E-state index >= 15 is 0 Å². The van der Waals surface area contributed by atoms with E-state index < -0.39 is 0 Å². The van der Waals surface area contributed by atoms with Crippen molar-refractivity contribution in [3.63, 3.8) is 0 Å². The fourth-order valence-electron chi connectivity index (χ4n) is 1.90. The molecule has 0 radical (unpaired) electrons. The van der Waals surface area contributed by atoms with E-state index in [0.717, 1.165) is 5.76 Å². The molecular weight excluding hydrogens is 278 g/mol. The summed E-state index contributed by atoms with van der Waals surface area (Å²) in [5.74, 6) is 0.797. The molecule has 2 N–H and O–H groups in total. The highest BCUT2D eigenvalue weighted by Crippen LogP contribution is 2.36. The zero-order valence-corrected chi connectivity index (χ0v) is 11.6. The summed E-state index contributed by atoms with van der Waals surface area (Å²) >= 11 is 3.30. The van der Waals surface area contributed by atoms with Crippen molar-refractivity contribution in [1.29, 1.82) is 0 Å². The second-order valence-electron chi connectivity index (χ2n) is 4.71. The van der Waals surface area contributed by atoms with Crippen molar-refractivity contribution >= 4 is 15.9 Å². The van der Waals surface area contributed by atoms with Crippen molar-refractivity contribution in [1.82, 2.24) is 0 Å². The second-order valence-corrected chi connectivity index (χ2v) is 5.49. The summed E-state index contributed by atoms with van der Waals surface area (Å²) < 4.78 is 6.26. The SMILES string of the molecule is CC(C)(c1ccccc1)C(N)c1ccc(Br)o1. The lowest BCUT2D eigenvalue weighted by molar-refractivity contribution is 0.347. The summed E-state index contributed by atoms with van der Waals surface area (Å²) in [5, 5.41) is 0. The lowest BCUT2D eigenvalue weighted by Gasteiger charge is -2.30. The third-order valence-corrected chi connectivity index (χ3v) is 3.62. The molecule has 2 nitrogen and oxygen atoms in total. The molecule has 2 rings (SSSR count). The van der Waals surface area contributed by atoms with Crippen LogP contribution in [0.2, 0.25) is 0 Å². The van der Waals surface area contributed by atoms with Gasteiger partial charge in [0.25, 0.3) is 0 Å². The molecule has 0 aliphatic rings. The number of rotatable bonds is 3. The van der Waals surface area contributed by atoms with Gasteiger partial charge >= 0.3 is 0 Å². The third kappa shape index (κ3) is 2.45. The Morgan fingerprint density at radius 2 is 1.76 bits per heavy atom. The first-order valence-corrected chi connectivity index (χ1v) is 6.37. The minimum absolute atomic E-state index is 0.168. The predicted molar refractivity (Wildman–Crippen MR) is 72.8 cm³/mol. The van der Waals surface area contributed by atoms with Gasteiger partial charge in [0.15, 0.2) is 4.67 Å². The molecule has 0 fully saturated rings. The molecule has 1 aromatic heterocycles. The molecule has 0 amide bonds. The average molecular weight is 294 g/mol. The van der Waals surface area contributed by atoms with E-state index in [-0.39, 0.29) is 11.5 Å². The molecule has 2 aromatic rings. The van der Waals surface area contributed by atoms with Gasteiger partial charge < -0.3 is 10.2 Å². The van der Waals surface area contributed by atoms with E-state index in [9.17, 15) is 0 Å². The topological polar surface area (TPSA) is 39.2 Å². The van der Waals surface area contributed by atoms with Crippen LogP contribution in [0.15, 0.2) is 51.6 Å². The van der Waals surface area contributed by atoms with E-state index in [4.69, 9.17) is 10.2 Å². The fourth-order valence-corrected chi connectivity index (χ4v) is 2.22. The molecular formula is C14H16BrNO. The first-order chi connectivity index (χ1) is 8.01. The Morgan fingerprint density at radius 1 is 1.12 bits per heavy atom. The summed E-state index contributed by atoms with van der Waals surface area (Å²) in [7, 11) is 0. The van der Waals surface area contributed by atoms with E-state index in [1.165, 1.54) is 5.56 Å². The number of hydrogen-bond acceptors (Lipinski definition) is 2. The van der Waals surface area contributed by atoms with E-state index in [2.05, 4.69) is 41.9 Å². The Kier molecular flexibility index (Phi) is 3.40. The summed E-state index contributed by atoms with van der Waals surface area (Å²) in [6, 6.07) is 13.9. The van der Waals surface area contributed by atoms with Crippen molar-refractivity contribution in [2.45, 2.75) is 25.3 Å². The Labute approximate surface area is 110 Å². The maximum atomic E-state index is 6.30. The number of hydrogen-bond donors (Lipinski definition) is 1. The van der Waals surface area contributed by atoms with Crippen LogP contribution in [0.4, 0.5) is 0 Å². The van der Waals surface area contributed by atoms with Crippen LogP contribution >= 0.6 is 15.9 Å². The van der Waals surface area contributed by atoms with Gasteiger partial charge in [-0.25, -0.2) is 0 Å². The van der Waals surface area contributed by atoms with Crippen molar-refractivity contribution < 1.29 is 4.42 Å². The highest BCUT2D eigenvalue weighted by atomic mass is 79.9. The van der Waals surface area contributed by atoms with Gasteiger partial charge in [0.2, 0.25) is 0 Å². The maximum Gasteiger partial charge on any atom is 0.169 e. The van der Waals surface area contributed by atoms with Crippen molar-refractivity contribution in [2.24, 2.45) is 5.73 Å². The highest BCUT2D eigenvalue weighted by molar-refractivity contribution is 9.10. The largest absolute Gasteiger partial charge is 0.453 e. The summed E-state index contributed by atoms with van der Waals surface area (Å²) in [5.41, 5.74) is 7.34. The van der Waals surface area contributed by atoms with Gasteiger partial charge in [-0.3, -0.25) is 0 Å². The van der Waals surface area contributed by atoms with Gasteiger partial charge in [0.05, 0.1) is 6.04 Å². The molecule has 3 heteroatoms. The first-order valence-electron chi connectivity index (χ1n) is 5.58. The molecule has 1 unspecified atom stereocenters. The summed E-state index contributed by atoms with van der Waals surface area (Å²) in [4.78, 5) is 0. The molecule has 0 aliphatic heterocycles. The van der Waals surface area contributed by atoms with Crippen LogP contribution in [0.1, 0.15) is 31.2 Å². The number of halogens is 1. The van der Waals surface area contributed by atoms with Crippen LogP contribution in [-0.2, 0) is 5.41 Å². The third-order valence-electron chi connectivity index (χ3n) is 3.20. The van der Waals surface area contributed by atoms with Gasteiger partial charge in [0, 0.05) is 5.41 Å². The van der Waals surface area contributed by atoms with Gasteiger partial charge in [-0.1, -0.05) is 44.2 Å². The number of furan rings is 1. The molecule has 1 atom stereocenters. The van der Waals surface area contributed by atoms with Crippen LogP contribution in [0.3, 0.4) is 0 Å². The molecule has 0 spiro atoms. The molecule has 0 saturated carbocycles. The van der Waals surface area contributed by atoms with Gasteiger partial charge in [-0.2, -0.15) is 0 Å². The van der Waals surface area contributed by atoms with Gasteiger partial charge in [-0.15, -0.1) is 0 Å². The van der Waals surface area contributed by atoms with E-state index in [1.54, 1.807) is 0 Å². The predicted octanol–water partition coefficient (Wildman–Crippen LogP) is 4.02. The number of nitrogens with two attached hydrogens (primary N) is 1. The lowest BCUT2D eigenvalue weighted by Crippen LogP contribution is -2.32. The quantitative estimate of drug-likeness (QED) is 0.928. The first kappa shape index (κ1) is 12.4. The Bertz CT molecular complexity index is 490. The van der Waals surface area contributed by atoms with Crippen LogP contribution in [0, 0.1) is 0 Å². The zero-order valence-electron chi connectivity index (χ0n) is 9.98. The van der Waals surface area contributed by atoms with Crippen LogP contribution < -0.4 is 5.73 Å². The smallest absolute Gasteiger partial charge is 0.169 e. The molecule has 17 heavy (non-hydrogen) atoms. The maximum absolute atomic E-state index is 6.30. The molecule has 90 valence electrons. The second kappa shape index (κ2) is 4.67. The molecule has 0 saturated heterocycles. The van der Waals surface area contributed by atoms with Crippen LogP contribution in [-0.4, -0.2) is 0 Å². The normalized spacial score (nSPS) is 13.6. The van der Waals surface area contributed by atoms with Gasteiger partial charge in [0.1, 0.15) is 5.76 Å². The van der Waals surface area contributed by atoms with Crippen molar-refractivity contribution in [3.05, 3.63) is 58.5 Å². The minimum atomic E-state index is -0.170. The Morgan fingerprint density at radius 3 is 2.29 bits per heavy atom. The Hall–Kier alpha value is -1.06. The lowest BCUT2D eigenvalue weighted by atomic mass is 9.77. The highest BCUT2D eigenvalue weighted by Gasteiger charge is 2.31. The summed E-state index contributed by atoms with van der Waals surface area (Å²) in [6.45, 7) is 4.26. The van der Waals surface area contributed by atoms with Gasteiger partial charge in [-0.05, 0) is 33.6 Å². The molecule has 1 heterocycles. The van der Waals surface area contributed by atoms with E-state index in [0.29, 0.717) is 4.67 Å². The number of benzene rings is 1. The molecule has 0 aliphatic carbocycles. The monoisotopic (exact) mass is 293 g/mol.